The van der Waals surface area contributed by atoms with Crippen LogP contribution < -0.4 is 9.47 Å². The van der Waals surface area contributed by atoms with E-state index in [0.717, 1.165) is 32.7 Å². The van der Waals surface area contributed by atoms with Crippen LogP contribution in [0.15, 0.2) is 40.9 Å². The van der Waals surface area contributed by atoms with Gasteiger partial charge >= 0.3 is 0 Å². The summed E-state index contributed by atoms with van der Waals surface area (Å²) in [5, 5.41) is 0. The molecule has 0 fully saturated rings. The number of hydrogen-bond donors (Lipinski definition) is 0. The second kappa shape index (κ2) is 6.64. The summed E-state index contributed by atoms with van der Waals surface area (Å²) < 4.78 is 11.9. The van der Waals surface area contributed by atoms with Crippen molar-refractivity contribution < 1.29 is 9.47 Å². The molecule has 2 aromatic rings. The normalized spacial score (nSPS) is 12.1. The van der Waals surface area contributed by atoms with Crippen molar-refractivity contribution in [2.45, 2.75) is 11.8 Å². The lowest BCUT2D eigenvalue weighted by atomic mass is 10.0. The van der Waals surface area contributed by atoms with E-state index in [1.807, 2.05) is 19.1 Å². The zero-order chi connectivity index (χ0) is 14.7. The lowest BCUT2D eigenvalue weighted by Crippen LogP contribution is -1.98. The number of rotatable bonds is 4. The minimum Gasteiger partial charge on any atom is -0.496 e. The van der Waals surface area contributed by atoms with Gasteiger partial charge in [0, 0.05) is 10.0 Å². The van der Waals surface area contributed by atoms with Crippen LogP contribution in [-0.2, 0) is 0 Å². The van der Waals surface area contributed by atoms with Crippen LogP contribution in [0.25, 0.3) is 0 Å². The van der Waals surface area contributed by atoms with Crippen LogP contribution in [0.4, 0.5) is 0 Å². The molecule has 106 valence electrons. The van der Waals surface area contributed by atoms with E-state index in [2.05, 4.69) is 56.1 Å². The van der Waals surface area contributed by atoms with Crippen LogP contribution in [0.2, 0.25) is 0 Å². The molecule has 0 spiro atoms. The first-order valence-electron chi connectivity index (χ1n) is 6.19. The first-order chi connectivity index (χ1) is 9.56. The van der Waals surface area contributed by atoms with Gasteiger partial charge in [0.05, 0.1) is 19.0 Å². The predicted octanol–water partition coefficient (Wildman–Crippen LogP) is 5.26. The molecule has 1 atom stereocenters. The van der Waals surface area contributed by atoms with Crippen molar-refractivity contribution in [1.82, 2.24) is 0 Å². The second-order valence-corrected chi connectivity index (χ2v) is 6.31. The number of aryl methyl sites for hydroxylation is 1. The van der Waals surface area contributed by atoms with Crippen LogP contribution in [0.1, 0.15) is 21.5 Å². The summed E-state index contributed by atoms with van der Waals surface area (Å²) in [7, 11) is 3.37. The highest BCUT2D eigenvalue weighted by Gasteiger charge is 2.17. The molecule has 0 saturated heterocycles. The van der Waals surface area contributed by atoms with E-state index in [4.69, 9.17) is 9.47 Å². The van der Waals surface area contributed by atoms with Gasteiger partial charge in [-0.1, -0.05) is 44.0 Å². The lowest BCUT2D eigenvalue weighted by molar-refractivity contribution is 0.409. The molecule has 0 N–H and O–H groups in total. The molecule has 0 aliphatic rings. The molecule has 0 aliphatic carbocycles. The molecule has 2 aromatic carbocycles. The van der Waals surface area contributed by atoms with Gasteiger partial charge < -0.3 is 9.47 Å². The maximum Gasteiger partial charge on any atom is 0.123 e. The van der Waals surface area contributed by atoms with Gasteiger partial charge in [0.2, 0.25) is 0 Å². The second-order valence-electron chi connectivity index (χ2n) is 4.48. The highest BCUT2D eigenvalue weighted by molar-refractivity contribution is 9.10. The molecule has 2 rings (SSSR count). The Bertz CT molecular complexity index is 611. The monoisotopic (exact) mass is 398 g/mol. The van der Waals surface area contributed by atoms with E-state index < -0.39 is 0 Å². The minimum absolute atomic E-state index is 0.0458. The van der Waals surface area contributed by atoms with Crippen molar-refractivity contribution in [2.24, 2.45) is 0 Å². The number of benzene rings is 2. The molecule has 0 aliphatic heterocycles. The molecule has 0 bridgehead atoms. The molecule has 0 heterocycles. The van der Waals surface area contributed by atoms with E-state index in [0.29, 0.717) is 0 Å². The van der Waals surface area contributed by atoms with Crippen molar-refractivity contribution in [1.29, 1.82) is 0 Å². The van der Waals surface area contributed by atoms with E-state index >= 15 is 0 Å². The Labute approximate surface area is 136 Å². The molecule has 20 heavy (non-hydrogen) atoms. The highest BCUT2D eigenvalue weighted by atomic mass is 79.9. The summed E-state index contributed by atoms with van der Waals surface area (Å²) in [5.74, 6) is 1.75. The minimum atomic E-state index is 0.0458. The van der Waals surface area contributed by atoms with Crippen molar-refractivity contribution in [3.63, 3.8) is 0 Å². The largest absolute Gasteiger partial charge is 0.496 e. The molecule has 1 unspecified atom stereocenters. The zero-order valence-corrected chi connectivity index (χ0v) is 14.8. The van der Waals surface area contributed by atoms with Crippen LogP contribution in [-0.4, -0.2) is 14.2 Å². The summed E-state index contributed by atoms with van der Waals surface area (Å²) in [6.07, 6.45) is 0. The smallest absolute Gasteiger partial charge is 0.123 e. The number of alkyl halides is 1. The quantitative estimate of drug-likeness (QED) is 0.653. The highest BCUT2D eigenvalue weighted by Crippen LogP contribution is 2.39. The van der Waals surface area contributed by atoms with E-state index in [-0.39, 0.29) is 4.83 Å². The third-order valence-corrected chi connectivity index (χ3v) is 4.70. The van der Waals surface area contributed by atoms with Crippen LogP contribution >= 0.6 is 31.9 Å². The number of ether oxygens (including phenoxy) is 2. The molecule has 0 saturated carbocycles. The predicted molar refractivity (Wildman–Crippen MR) is 89.2 cm³/mol. The fourth-order valence-electron chi connectivity index (χ4n) is 2.08. The Morgan fingerprint density at radius 2 is 1.65 bits per heavy atom. The number of methoxy groups -OCH3 is 2. The first kappa shape index (κ1) is 15.4. The Morgan fingerprint density at radius 3 is 2.30 bits per heavy atom. The standard InChI is InChI=1S/C16H16Br2O2/c1-10-4-5-11(8-15(10)20-3)16(18)13-9-12(17)6-7-14(13)19-2/h4-9,16H,1-3H3. The molecule has 0 aromatic heterocycles. The fourth-order valence-corrected chi connectivity index (χ4v) is 3.10. The molecule has 0 radical (unpaired) electrons. The Balaban J connectivity index is 2.45. The maximum absolute atomic E-state index is 5.44. The van der Waals surface area contributed by atoms with Crippen molar-refractivity contribution in [3.05, 3.63) is 57.6 Å². The zero-order valence-electron chi connectivity index (χ0n) is 11.6. The van der Waals surface area contributed by atoms with Crippen molar-refractivity contribution in [2.75, 3.05) is 14.2 Å². The van der Waals surface area contributed by atoms with Gasteiger partial charge in [0.25, 0.3) is 0 Å². The summed E-state index contributed by atoms with van der Waals surface area (Å²) in [6.45, 7) is 2.03. The van der Waals surface area contributed by atoms with E-state index in [1.165, 1.54) is 0 Å². The molecular formula is C16H16Br2O2. The molecule has 0 amide bonds. The summed E-state index contributed by atoms with van der Waals surface area (Å²) in [5.41, 5.74) is 3.33. The lowest BCUT2D eigenvalue weighted by Gasteiger charge is -2.16. The number of hydrogen-bond acceptors (Lipinski definition) is 2. The average molecular weight is 400 g/mol. The fraction of sp³-hybridized carbons (Fsp3) is 0.250. The van der Waals surface area contributed by atoms with E-state index in [1.54, 1.807) is 14.2 Å². The van der Waals surface area contributed by atoms with Crippen LogP contribution in [0.5, 0.6) is 11.5 Å². The Morgan fingerprint density at radius 1 is 0.950 bits per heavy atom. The van der Waals surface area contributed by atoms with Gasteiger partial charge in [-0.3, -0.25) is 0 Å². The molecule has 4 heteroatoms. The maximum atomic E-state index is 5.44. The van der Waals surface area contributed by atoms with Gasteiger partial charge in [-0.2, -0.15) is 0 Å². The Hall–Kier alpha value is -1.00. The Kier molecular flexibility index (Phi) is 5.11. The van der Waals surface area contributed by atoms with Gasteiger partial charge in [0.15, 0.2) is 0 Å². The SMILES string of the molecule is COc1cc(C(Br)c2cc(Br)ccc2OC)ccc1C. The van der Waals surface area contributed by atoms with Crippen molar-refractivity contribution >= 4 is 31.9 Å². The van der Waals surface area contributed by atoms with Gasteiger partial charge in [-0.05, 0) is 42.3 Å². The summed E-state index contributed by atoms with van der Waals surface area (Å²) in [4.78, 5) is 0.0458. The summed E-state index contributed by atoms with van der Waals surface area (Å²) in [6, 6.07) is 12.2. The van der Waals surface area contributed by atoms with Gasteiger partial charge in [0.1, 0.15) is 11.5 Å². The third kappa shape index (κ3) is 3.18. The summed E-state index contributed by atoms with van der Waals surface area (Å²) >= 11 is 7.26. The number of halogens is 2. The van der Waals surface area contributed by atoms with Gasteiger partial charge in [-0.25, -0.2) is 0 Å². The average Bonchev–Trinajstić information content (AvgIpc) is 2.47. The third-order valence-electron chi connectivity index (χ3n) is 3.19. The molecule has 2 nitrogen and oxygen atoms in total. The first-order valence-corrected chi connectivity index (χ1v) is 7.89. The van der Waals surface area contributed by atoms with Crippen LogP contribution in [0.3, 0.4) is 0 Å². The van der Waals surface area contributed by atoms with Gasteiger partial charge in [-0.15, -0.1) is 0 Å². The topological polar surface area (TPSA) is 18.5 Å². The molecular weight excluding hydrogens is 384 g/mol. The van der Waals surface area contributed by atoms with E-state index in [9.17, 15) is 0 Å². The van der Waals surface area contributed by atoms with Crippen LogP contribution in [0, 0.1) is 6.92 Å². The van der Waals surface area contributed by atoms with Crippen molar-refractivity contribution in [3.8, 4) is 11.5 Å².